The lowest BCUT2D eigenvalue weighted by molar-refractivity contribution is -0.139. The first-order valence-electron chi connectivity index (χ1n) is 17.6. The van der Waals surface area contributed by atoms with Crippen molar-refractivity contribution >= 4 is 22.6 Å². The smallest absolute Gasteiger partial charge is 0.330 e. The Hall–Kier alpha value is -4.39. The van der Waals surface area contributed by atoms with Crippen molar-refractivity contribution in [3.05, 3.63) is 95.3 Å². The van der Waals surface area contributed by atoms with Crippen molar-refractivity contribution in [2.24, 2.45) is 11.8 Å². The van der Waals surface area contributed by atoms with E-state index in [2.05, 4.69) is 38.2 Å². The van der Waals surface area contributed by atoms with Gasteiger partial charge in [-0.05, 0) is 89.1 Å². The Morgan fingerprint density at radius 2 is 1.46 bits per heavy atom. The van der Waals surface area contributed by atoms with E-state index in [1.54, 1.807) is 30.3 Å². The summed E-state index contributed by atoms with van der Waals surface area (Å²) in [7, 11) is 0. The van der Waals surface area contributed by atoms with Gasteiger partial charge in [0.2, 0.25) is 0 Å². The summed E-state index contributed by atoms with van der Waals surface area (Å²) in [5.41, 5.74) is 2.82. The van der Waals surface area contributed by atoms with Gasteiger partial charge >= 0.3 is 5.97 Å². The fraction of sp³-hybridized carbons (Fsp3) is 0.439. The van der Waals surface area contributed by atoms with E-state index in [-0.39, 0.29) is 11.1 Å². The van der Waals surface area contributed by atoms with Gasteiger partial charge in [0, 0.05) is 11.1 Å². The van der Waals surface area contributed by atoms with Crippen LogP contribution in [0.4, 0.5) is 0 Å². The number of carboxylic acids is 1. The fourth-order valence-corrected chi connectivity index (χ4v) is 7.17. The van der Waals surface area contributed by atoms with E-state index in [0.29, 0.717) is 29.6 Å². The van der Waals surface area contributed by atoms with Gasteiger partial charge in [-0.2, -0.15) is 0 Å². The fourth-order valence-electron chi connectivity index (χ4n) is 7.17. The van der Waals surface area contributed by atoms with Gasteiger partial charge in [0.15, 0.2) is 6.04 Å². The van der Waals surface area contributed by atoms with E-state index in [1.165, 1.54) is 44.1 Å². The highest BCUT2D eigenvalue weighted by Gasteiger charge is 2.25. The first-order chi connectivity index (χ1) is 23.1. The first-order valence-corrected chi connectivity index (χ1v) is 17.6. The number of rotatable bonds is 12. The molecular formula is C41H48N2O5. The minimum Gasteiger partial charge on any atom is -0.494 e. The Balaban J connectivity index is 1.20. The first kappa shape index (κ1) is 33.5. The van der Waals surface area contributed by atoms with Crippen LogP contribution in [0.5, 0.6) is 17.2 Å². The average Bonchev–Trinajstić information content (AvgIpc) is 3.79. The summed E-state index contributed by atoms with van der Waals surface area (Å²) in [5, 5.41) is 14.6. The number of carboxylic acid groups (broad SMARTS) is 1. The number of carbonyl (C=O) groups excluding carboxylic acids is 1. The molecule has 7 nitrogen and oxygen atoms in total. The SMILES string of the molecule is CC(C)(C)c1ccc(Oc2ccc3cc(C(=O)NC(C(=O)O)c4ccc(OCCC5CCCC5)cc4)nc(CC4CCCC4)c3c2)cc1. The van der Waals surface area contributed by atoms with Gasteiger partial charge in [0.1, 0.15) is 22.9 Å². The molecule has 1 aromatic heterocycles. The van der Waals surface area contributed by atoms with Crippen molar-refractivity contribution in [1.29, 1.82) is 0 Å². The van der Waals surface area contributed by atoms with Crippen molar-refractivity contribution in [2.75, 3.05) is 6.61 Å². The molecule has 0 aliphatic heterocycles. The number of fused-ring (bicyclic) bond motifs is 1. The molecule has 2 saturated carbocycles. The van der Waals surface area contributed by atoms with Crippen LogP contribution >= 0.6 is 0 Å². The van der Waals surface area contributed by atoms with Crippen LogP contribution in [0, 0.1) is 11.8 Å². The Labute approximate surface area is 284 Å². The van der Waals surface area contributed by atoms with E-state index in [1.807, 2.05) is 30.3 Å². The predicted molar refractivity (Wildman–Crippen MR) is 189 cm³/mol. The average molecular weight is 649 g/mol. The molecule has 0 radical (unpaired) electrons. The number of benzene rings is 3. The van der Waals surface area contributed by atoms with Gasteiger partial charge in [0.25, 0.3) is 5.91 Å². The Bertz CT molecular complexity index is 1710. The number of carbonyl (C=O) groups is 2. The quantitative estimate of drug-likeness (QED) is 0.159. The van der Waals surface area contributed by atoms with E-state index in [9.17, 15) is 14.7 Å². The highest BCUT2D eigenvalue weighted by Crippen LogP contribution is 2.34. The van der Waals surface area contributed by atoms with Gasteiger partial charge in [0.05, 0.1) is 6.61 Å². The second-order valence-corrected chi connectivity index (χ2v) is 14.7. The molecule has 3 aromatic carbocycles. The number of pyridine rings is 1. The normalized spacial score (nSPS) is 16.2. The van der Waals surface area contributed by atoms with Crippen LogP contribution in [0.25, 0.3) is 10.8 Å². The maximum absolute atomic E-state index is 13.6. The molecule has 1 amide bonds. The third kappa shape index (κ3) is 8.36. The molecule has 2 fully saturated rings. The number of nitrogens with zero attached hydrogens (tertiary/aromatic N) is 1. The van der Waals surface area contributed by atoms with Gasteiger partial charge in [-0.25, -0.2) is 9.78 Å². The minimum atomic E-state index is -1.22. The van der Waals surface area contributed by atoms with Crippen LogP contribution < -0.4 is 14.8 Å². The van der Waals surface area contributed by atoms with E-state index in [4.69, 9.17) is 14.5 Å². The summed E-state index contributed by atoms with van der Waals surface area (Å²) in [4.78, 5) is 30.8. The van der Waals surface area contributed by atoms with Gasteiger partial charge in [-0.1, -0.05) is 102 Å². The lowest BCUT2D eigenvalue weighted by atomic mass is 9.87. The molecule has 0 bridgehead atoms. The maximum Gasteiger partial charge on any atom is 0.330 e. The molecule has 0 spiro atoms. The third-order valence-corrected chi connectivity index (χ3v) is 10.0. The molecule has 2 aliphatic rings. The van der Waals surface area contributed by atoms with Crippen LogP contribution in [-0.2, 0) is 16.6 Å². The number of amides is 1. The summed E-state index contributed by atoms with van der Waals surface area (Å²) in [6.07, 6.45) is 11.6. The third-order valence-electron chi connectivity index (χ3n) is 10.0. The summed E-state index contributed by atoms with van der Waals surface area (Å²) < 4.78 is 12.2. The molecule has 7 heteroatoms. The van der Waals surface area contributed by atoms with Crippen LogP contribution in [0.2, 0.25) is 0 Å². The van der Waals surface area contributed by atoms with E-state index in [0.717, 1.165) is 53.8 Å². The van der Waals surface area contributed by atoms with Crippen molar-refractivity contribution in [1.82, 2.24) is 10.3 Å². The number of ether oxygens (including phenoxy) is 2. The number of hydrogen-bond donors (Lipinski definition) is 2. The standard InChI is InChI=1S/C41H48N2O5/c1-41(2,3)31-15-20-33(21-16-31)48-34-19-14-30-25-37(42-36(35(30)26-34)24-28-10-6-7-11-28)39(44)43-38(40(45)46)29-12-17-32(18-13-29)47-23-22-27-8-4-5-9-27/h12-21,25-28,38H,4-11,22-24H2,1-3H3,(H,43,44)(H,45,46). The lowest BCUT2D eigenvalue weighted by Crippen LogP contribution is -2.34. The number of aromatic nitrogens is 1. The van der Waals surface area contributed by atoms with E-state index < -0.39 is 17.9 Å². The largest absolute Gasteiger partial charge is 0.494 e. The molecule has 1 unspecified atom stereocenters. The second-order valence-electron chi connectivity index (χ2n) is 14.7. The van der Waals surface area contributed by atoms with Gasteiger partial charge in [-0.3, -0.25) is 4.79 Å². The zero-order valence-corrected chi connectivity index (χ0v) is 28.5. The van der Waals surface area contributed by atoms with Crippen LogP contribution in [0.15, 0.2) is 72.8 Å². The van der Waals surface area contributed by atoms with Crippen LogP contribution in [0.3, 0.4) is 0 Å². The molecule has 4 aromatic rings. The minimum absolute atomic E-state index is 0.0597. The molecular weight excluding hydrogens is 600 g/mol. The molecule has 6 rings (SSSR count). The van der Waals surface area contributed by atoms with Crippen molar-refractivity contribution in [2.45, 2.75) is 96.4 Å². The maximum atomic E-state index is 13.6. The highest BCUT2D eigenvalue weighted by atomic mass is 16.5. The number of aliphatic carboxylic acids is 1. The summed E-state index contributed by atoms with van der Waals surface area (Å²) >= 11 is 0. The van der Waals surface area contributed by atoms with Crippen LogP contribution in [-0.4, -0.2) is 28.6 Å². The van der Waals surface area contributed by atoms with Crippen molar-refractivity contribution in [3.63, 3.8) is 0 Å². The summed E-state index contributed by atoms with van der Waals surface area (Å²) in [6, 6.07) is 21.5. The number of nitrogens with one attached hydrogen (secondary N) is 1. The molecule has 2 aliphatic carbocycles. The highest BCUT2D eigenvalue weighted by molar-refractivity contribution is 5.99. The summed E-state index contributed by atoms with van der Waals surface area (Å²) in [6.45, 7) is 7.21. The Kier molecular flexibility index (Phi) is 10.3. The summed E-state index contributed by atoms with van der Waals surface area (Å²) in [5.74, 6) is 1.74. The molecule has 0 saturated heterocycles. The van der Waals surface area contributed by atoms with Gasteiger partial charge in [-0.15, -0.1) is 0 Å². The van der Waals surface area contributed by atoms with Crippen LogP contribution in [0.1, 0.15) is 112 Å². The topological polar surface area (TPSA) is 97.8 Å². The monoisotopic (exact) mass is 648 g/mol. The van der Waals surface area contributed by atoms with Crippen molar-refractivity contribution in [3.8, 4) is 17.2 Å². The zero-order valence-electron chi connectivity index (χ0n) is 28.5. The molecule has 1 heterocycles. The Morgan fingerprint density at radius 1 is 0.833 bits per heavy atom. The molecule has 1 atom stereocenters. The van der Waals surface area contributed by atoms with E-state index >= 15 is 0 Å². The zero-order chi connectivity index (χ0) is 33.7. The second kappa shape index (κ2) is 14.8. The number of hydrogen-bond acceptors (Lipinski definition) is 5. The predicted octanol–water partition coefficient (Wildman–Crippen LogP) is 9.57. The lowest BCUT2D eigenvalue weighted by Gasteiger charge is -2.19. The van der Waals surface area contributed by atoms with Crippen molar-refractivity contribution < 1.29 is 24.2 Å². The molecule has 252 valence electrons. The van der Waals surface area contributed by atoms with Gasteiger partial charge < -0.3 is 19.9 Å². The molecule has 48 heavy (non-hydrogen) atoms. The molecule has 2 N–H and O–H groups in total. The Morgan fingerprint density at radius 3 is 2.10 bits per heavy atom.